The quantitative estimate of drug-likeness (QED) is 0.210. The van der Waals surface area contributed by atoms with Gasteiger partial charge in [-0.3, -0.25) is 14.6 Å². The number of aliphatic hydroxyl groups is 1. The van der Waals surface area contributed by atoms with Gasteiger partial charge in [0.1, 0.15) is 11.5 Å². The smallest absolute Gasteiger partial charge is 0.355 e. The average Bonchev–Trinajstić information content (AvgIpc) is 3.36. The molecule has 0 unspecified atom stereocenters. The van der Waals surface area contributed by atoms with Crippen LogP contribution >= 0.6 is 0 Å². The Morgan fingerprint density at radius 1 is 1.11 bits per heavy atom. The largest absolute Gasteiger partial charge is 0.507 e. The number of nitrogens with one attached hydrogen (secondary N) is 1. The Bertz CT molecular complexity index is 1440. The highest BCUT2D eigenvalue weighted by Crippen LogP contribution is 2.41. The Labute approximate surface area is 218 Å². The normalized spacial score (nSPS) is 16.5. The summed E-state index contributed by atoms with van der Waals surface area (Å²) in [5.41, 5.74) is 2.54. The van der Waals surface area contributed by atoms with Crippen molar-refractivity contribution in [2.75, 3.05) is 13.7 Å². The molecule has 196 valence electrons. The van der Waals surface area contributed by atoms with Crippen LogP contribution in [0, 0.1) is 13.8 Å². The molecular formula is C28H27N3O7. The maximum Gasteiger partial charge on any atom is 0.355 e. The number of hydrogen-bond donors (Lipinski definition) is 2. The van der Waals surface area contributed by atoms with Crippen LogP contribution in [0.2, 0.25) is 0 Å². The Hall–Kier alpha value is -4.73. The standard InChI is InChI=1S/C28H27N3O7/c1-5-38-28(36)22-15(2)20(16(3)30-22)24(32)21-23(18-8-10-19(11-9-18)27(35)37-4)31(26(34)25(21)33)14-17-7-6-12-29-13-17/h6-13,23,30,32H,5,14H2,1-4H3/t23-/m0/s1. The predicted molar refractivity (Wildman–Crippen MR) is 136 cm³/mol. The molecule has 1 aliphatic rings. The maximum atomic E-state index is 13.4. The maximum absolute atomic E-state index is 13.4. The van der Waals surface area contributed by atoms with E-state index in [0.717, 1.165) is 0 Å². The first-order valence-electron chi connectivity index (χ1n) is 11.9. The number of methoxy groups -OCH3 is 1. The van der Waals surface area contributed by atoms with E-state index in [-0.39, 0.29) is 35.5 Å². The summed E-state index contributed by atoms with van der Waals surface area (Å²) in [6, 6.07) is 8.78. The van der Waals surface area contributed by atoms with Crippen LogP contribution in [0.3, 0.4) is 0 Å². The molecule has 1 aromatic carbocycles. The van der Waals surface area contributed by atoms with Gasteiger partial charge in [0.2, 0.25) is 0 Å². The Balaban J connectivity index is 1.89. The van der Waals surface area contributed by atoms with Crippen molar-refractivity contribution in [1.82, 2.24) is 14.9 Å². The van der Waals surface area contributed by atoms with Gasteiger partial charge >= 0.3 is 11.9 Å². The Kier molecular flexibility index (Phi) is 7.43. The van der Waals surface area contributed by atoms with Gasteiger partial charge in [0.15, 0.2) is 0 Å². The Morgan fingerprint density at radius 3 is 2.42 bits per heavy atom. The lowest BCUT2D eigenvalue weighted by Crippen LogP contribution is -2.29. The number of aryl methyl sites for hydroxylation is 1. The zero-order chi connectivity index (χ0) is 27.6. The second-order valence-electron chi connectivity index (χ2n) is 8.75. The zero-order valence-electron chi connectivity index (χ0n) is 21.4. The van der Waals surface area contributed by atoms with Crippen molar-refractivity contribution in [1.29, 1.82) is 0 Å². The van der Waals surface area contributed by atoms with Gasteiger partial charge in [-0.2, -0.15) is 0 Å². The van der Waals surface area contributed by atoms with E-state index < -0.39 is 35.4 Å². The molecule has 0 aliphatic carbocycles. The van der Waals surface area contributed by atoms with Crippen molar-refractivity contribution in [3.63, 3.8) is 0 Å². The lowest BCUT2D eigenvalue weighted by Gasteiger charge is -2.25. The van der Waals surface area contributed by atoms with Gasteiger partial charge in [-0.15, -0.1) is 0 Å². The molecule has 38 heavy (non-hydrogen) atoms. The molecule has 1 fully saturated rings. The molecular weight excluding hydrogens is 490 g/mol. The highest BCUT2D eigenvalue weighted by molar-refractivity contribution is 6.46. The number of likely N-dealkylation sites (tertiary alicyclic amines) is 1. The summed E-state index contributed by atoms with van der Waals surface area (Å²) < 4.78 is 9.86. The minimum atomic E-state index is -0.971. The van der Waals surface area contributed by atoms with Gasteiger partial charge in [0.25, 0.3) is 11.7 Å². The first-order valence-corrected chi connectivity index (χ1v) is 11.9. The van der Waals surface area contributed by atoms with Crippen LogP contribution in [0.5, 0.6) is 0 Å². The van der Waals surface area contributed by atoms with Crippen LogP contribution < -0.4 is 0 Å². The van der Waals surface area contributed by atoms with Crippen molar-refractivity contribution < 1.29 is 33.8 Å². The third-order valence-corrected chi connectivity index (χ3v) is 6.42. The number of aromatic amines is 1. The van der Waals surface area contributed by atoms with Crippen LogP contribution in [-0.4, -0.2) is 57.3 Å². The van der Waals surface area contributed by atoms with Gasteiger partial charge in [0.05, 0.1) is 30.9 Å². The average molecular weight is 518 g/mol. The van der Waals surface area contributed by atoms with E-state index in [1.807, 2.05) is 0 Å². The van der Waals surface area contributed by atoms with Crippen LogP contribution in [0.15, 0.2) is 54.4 Å². The zero-order valence-corrected chi connectivity index (χ0v) is 21.4. The molecule has 1 aliphatic heterocycles. The van der Waals surface area contributed by atoms with Gasteiger partial charge < -0.3 is 24.5 Å². The molecule has 2 aromatic heterocycles. The topological polar surface area (TPSA) is 139 Å². The van der Waals surface area contributed by atoms with E-state index in [1.165, 1.54) is 24.1 Å². The van der Waals surface area contributed by atoms with Gasteiger partial charge in [-0.05, 0) is 55.7 Å². The molecule has 3 aromatic rings. The molecule has 1 amide bonds. The number of carbonyl (C=O) groups is 4. The van der Waals surface area contributed by atoms with Crippen LogP contribution in [0.25, 0.3) is 5.76 Å². The highest BCUT2D eigenvalue weighted by atomic mass is 16.5. The van der Waals surface area contributed by atoms with Crippen molar-refractivity contribution in [3.8, 4) is 0 Å². The first kappa shape index (κ1) is 26.3. The number of rotatable bonds is 7. The highest BCUT2D eigenvalue weighted by Gasteiger charge is 2.46. The number of carbonyl (C=O) groups excluding carboxylic acids is 4. The van der Waals surface area contributed by atoms with Crippen LogP contribution in [-0.2, 0) is 25.6 Å². The molecule has 1 saturated heterocycles. The molecule has 3 heterocycles. The van der Waals surface area contributed by atoms with E-state index in [2.05, 4.69) is 9.97 Å². The summed E-state index contributed by atoms with van der Waals surface area (Å²) in [5, 5.41) is 11.5. The van der Waals surface area contributed by atoms with Gasteiger partial charge in [0, 0.05) is 30.2 Å². The third kappa shape index (κ3) is 4.68. The molecule has 1 atom stereocenters. The van der Waals surface area contributed by atoms with Gasteiger partial charge in [-0.1, -0.05) is 18.2 Å². The molecule has 2 N–H and O–H groups in total. The minimum Gasteiger partial charge on any atom is -0.507 e. The van der Waals surface area contributed by atoms with E-state index >= 15 is 0 Å². The summed E-state index contributed by atoms with van der Waals surface area (Å²) in [6.07, 6.45) is 3.18. The van der Waals surface area contributed by atoms with Crippen molar-refractivity contribution in [2.45, 2.75) is 33.4 Å². The molecule has 0 spiro atoms. The fraction of sp³-hybridized carbons (Fsp3) is 0.250. The number of amides is 1. The number of aliphatic hydroxyl groups excluding tert-OH is 1. The number of Topliss-reactive ketones (excluding diaryl/α,β-unsaturated/α-hetero) is 1. The summed E-state index contributed by atoms with van der Waals surface area (Å²) in [6.45, 7) is 5.17. The number of hydrogen-bond acceptors (Lipinski definition) is 8. The van der Waals surface area contributed by atoms with Crippen molar-refractivity contribution in [3.05, 3.63) is 93.6 Å². The van der Waals surface area contributed by atoms with Gasteiger partial charge in [-0.25, -0.2) is 9.59 Å². The van der Waals surface area contributed by atoms with E-state index in [0.29, 0.717) is 22.4 Å². The number of H-pyrrole nitrogens is 1. The molecule has 4 rings (SSSR count). The number of pyridine rings is 1. The Morgan fingerprint density at radius 2 is 1.82 bits per heavy atom. The lowest BCUT2D eigenvalue weighted by atomic mass is 9.93. The predicted octanol–water partition coefficient (Wildman–Crippen LogP) is 3.61. The number of esters is 2. The molecule has 0 radical (unpaired) electrons. The SMILES string of the molecule is CCOC(=O)c1[nH]c(C)c(C(O)=C2C(=O)C(=O)N(Cc3cccnc3)[C@H]2c2ccc(C(=O)OC)cc2)c1C. The number of ether oxygens (including phenoxy) is 2. The molecule has 10 nitrogen and oxygen atoms in total. The molecule has 0 saturated carbocycles. The lowest BCUT2D eigenvalue weighted by molar-refractivity contribution is -0.140. The molecule has 0 bridgehead atoms. The summed E-state index contributed by atoms with van der Waals surface area (Å²) in [7, 11) is 1.27. The molecule has 10 heteroatoms. The first-order chi connectivity index (χ1) is 18.2. The third-order valence-electron chi connectivity index (χ3n) is 6.42. The fourth-order valence-electron chi connectivity index (χ4n) is 4.64. The summed E-state index contributed by atoms with van der Waals surface area (Å²) in [4.78, 5) is 59.4. The minimum absolute atomic E-state index is 0.0534. The second kappa shape index (κ2) is 10.7. The number of benzene rings is 1. The second-order valence-corrected chi connectivity index (χ2v) is 8.75. The van der Waals surface area contributed by atoms with Crippen LogP contribution in [0.4, 0.5) is 0 Å². The van der Waals surface area contributed by atoms with E-state index in [4.69, 9.17) is 9.47 Å². The number of ketones is 1. The summed E-state index contributed by atoms with van der Waals surface area (Å²) in [5.74, 6) is -3.22. The van der Waals surface area contributed by atoms with Crippen molar-refractivity contribution >= 4 is 29.4 Å². The summed E-state index contributed by atoms with van der Waals surface area (Å²) >= 11 is 0. The van der Waals surface area contributed by atoms with Crippen molar-refractivity contribution in [2.24, 2.45) is 0 Å². The van der Waals surface area contributed by atoms with E-state index in [1.54, 1.807) is 57.4 Å². The van der Waals surface area contributed by atoms with E-state index in [9.17, 15) is 24.3 Å². The number of nitrogens with zero attached hydrogens (tertiary/aromatic N) is 2. The monoisotopic (exact) mass is 517 g/mol. The number of aromatic nitrogens is 2. The van der Waals surface area contributed by atoms with Crippen LogP contribution in [0.1, 0.15) is 61.8 Å². The fourth-order valence-corrected chi connectivity index (χ4v) is 4.64.